The van der Waals surface area contributed by atoms with Crippen molar-refractivity contribution in [2.45, 2.75) is 6.92 Å². The first-order valence-corrected chi connectivity index (χ1v) is 9.07. The average molecular weight is 418 g/mol. The first-order valence-electron chi connectivity index (χ1n) is 8.31. The molecule has 5 nitrogen and oxygen atoms in total. The minimum absolute atomic E-state index is 0.116. The quantitative estimate of drug-likeness (QED) is 0.363. The fraction of sp³-hybridized carbons (Fsp3) is 0.143. The summed E-state index contributed by atoms with van der Waals surface area (Å²) in [5.41, 5.74) is 2.07. The highest BCUT2D eigenvalue weighted by Crippen LogP contribution is 2.34. The molecule has 0 unspecified atom stereocenters. The number of methoxy groups -OCH3 is 1. The van der Waals surface area contributed by atoms with Crippen LogP contribution >= 0.6 is 23.2 Å². The van der Waals surface area contributed by atoms with Crippen molar-refractivity contribution in [1.82, 2.24) is 0 Å². The number of aliphatic imine (C=N–C) groups is 1. The number of rotatable bonds is 6. The molecular weight excluding hydrogens is 401 g/mol. The second-order valence-electron chi connectivity index (χ2n) is 6.08. The Labute approximate surface area is 172 Å². The number of esters is 1. The minimum atomic E-state index is -0.588. The lowest BCUT2D eigenvalue weighted by Crippen LogP contribution is -2.06. The molecule has 0 N–H and O–H groups in total. The van der Waals surface area contributed by atoms with Gasteiger partial charge in [0.15, 0.2) is 17.2 Å². The Hall–Kier alpha value is -2.76. The van der Waals surface area contributed by atoms with Crippen LogP contribution < -0.4 is 9.47 Å². The molecule has 2 aromatic carbocycles. The van der Waals surface area contributed by atoms with Crippen molar-refractivity contribution >= 4 is 41.1 Å². The highest BCUT2D eigenvalue weighted by atomic mass is 35.5. The molecule has 0 aromatic heterocycles. The third-order valence-electron chi connectivity index (χ3n) is 3.77. The fourth-order valence-electron chi connectivity index (χ4n) is 2.49. The molecular formula is C21H17Cl2NO4. The maximum Gasteiger partial charge on any atom is 0.363 e. The van der Waals surface area contributed by atoms with E-state index in [0.717, 1.165) is 5.57 Å². The summed E-state index contributed by atoms with van der Waals surface area (Å²) in [7, 11) is 1.54. The maximum absolute atomic E-state index is 12.3. The van der Waals surface area contributed by atoms with Gasteiger partial charge in [-0.3, -0.25) is 0 Å². The molecule has 3 rings (SSSR count). The molecule has 1 aliphatic heterocycles. The third kappa shape index (κ3) is 4.38. The van der Waals surface area contributed by atoms with Crippen molar-refractivity contribution in [2.75, 3.05) is 13.7 Å². The molecule has 144 valence electrons. The van der Waals surface area contributed by atoms with Crippen LogP contribution in [0.2, 0.25) is 10.0 Å². The molecule has 0 bridgehead atoms. The second kappa shape index (κ2) is 8.50. The second-order valence-corrected chi connectivity index (χ2v) is 6.93. The Kier molecular flexibility index (Phi) is 6.07. The number of hydrogen-bond acceptors (Lipinski definition) is 5. The third-order valence-corrected chi connectivity index (χ3v) is 4.31. The van der Waals surface area contributed by atoms with Crippen molar-refractivity contribution in [2.24, 2.45) is 4.99 Å². The van der Waals surface area contributed by atoms with Crippen molar-refractivity contribution in [3.63, 3.8) is 0 Å². The molecule has 0 aliphatic carbocycles. The summed E-state index contributed by atoms with van der Waals surface area (Å²) in [5, 5.41) is 0.817. The van der Waals surface area contributed by atoms with Crippen LogP contribution in [0.4, 0.5) is 0 Å². The molecule has 0 amide bonds. The lowest BCUT2D eigenvalue weighted by Gasteiger charge is -2.13. The van der Waals surface area contributed by atoms with E-state index in [9.17, 15) is 4.79 Å². The van der Waals surface area contributed by atoms with Crippen LogP contribution in [0.25, 0.3) is 6.08 Å². The van der Waals surface area contributed by atoms with Crippen LogP contribution in [0.5, 0.6) is 11.5 Å². The topological polar surface area (TPSA) is 57.1 Å². The average Bonchev–Trinajstić information content (AvgIpc) is 3.00. The first-order chi connectivity index (χ1) is 13.4. The van der Waals surface area contributed by atoms with Crippen molar-refractivity contribution < 1.29 is 19.0 Å². The Morgan fingerprint density at radius 2 is 2.07 bits per heavy atom. The molecule has 0 saturated carbocycles. The van der Waals surface area contributed by atoms with Crippen LogP contribution in [-0.4, -0.2) is 25.6 Å². The van der Waals surface area contributed by atoms with Gasteiger partial charge >= 0.3 is 5.97 Å². The molecule has 0 atom stereocenters. The predicted molar refractivity (Wildman–Crippen MR) is 110 cm³/mol. The van der Waals surface area contributed by atoms with E-state index < -0.39 is 5.97 Å². The van der Waals surface area contributed by atoms with Crippen LogP contribution in [0.15, 0.2) is 59.2 Å². The summed E-state index contributed by atoms with van der Waals surface area (Å²) in [6.07, 6.45) is 1.58. The van der Waals surface area contributed by atoms with Gasteiger partial charge in [-0.15, -0.1) is 0 Å². The zero-order valence-corrected chi connectivity index (χ0v) is 16.8. The number of halogens is 2. The number of carbonyl (C=O) groups is 1. The minimum Gasteiger partial charge on any atom is -0.493 e. The molecule has 1 heterocycles. The Morgan fingerprint density at radius 3 is 2.75 bits per heavy atom. The van der Waals surface area contributed by atoms with Crippen LogP contribution in [0.3, 0.4) is 0 Å². The van der Waals surface area contributed by atoms with Crippen molar-refractivity contribution in [3.05, 3.63) is 75.4 Å². The standard InChI is InChI=1S/C21H17Cl2NO4/c1-12(2)11-27-19-13(5-4-6-18(19)26-3)9-17-21(25)28-20(24-17)15-8-7-14(22)10-16(15)23/h4-10H,1,11H2,2-3H3/b17-9-. The molecule has 2 aromatic rings. The van der Waals surface area contributed by atoms with E-state index in [1.165, 1.54) is 0 Å². The molecule has 0 fully saturated rings. The van der Waals surface area contributed by atoms with Gasteiger partial charge in [-0.2, -0.15) is 0 Å². The lowest BCUT2D eigenvalue weighted by atomic mass is 10.1. The first kappa shape index (κ1) is 20.0. The van der Waals surface area contributed by atoms with Gasteiger partial charge in [0.05, 0.1) is 17.7 Å². The van der Waals surface area contributed by atoms with Gasteiger partial charge in [-0.05, 0) is 42.8 Å². The van der Waals surface area contributed by atoms with E-state index >= 15 is 0 Å². The van der Waals surface area contributed by atoms with Gasteiger partial charge in [-0.1, -0.05) is 41.9 Å². The number of carbonyl (C=O) groups excluding carboxylic acids is 1. The number of para-hydroxylation sites is 1. The molecule has 0 saturated heterocycles. The lowest BCUT2D eigenvalue weighted by molar-refractivity contribution is -0.129. The van der Waals surface area contributed by atoms with Gasteiger partial charge in [0.2, 0.25) is 5.90 Å². The summed E-state index contributed by atoms with van der Waals surface area (Å²) in [6.45, 7) is 6.00. The molecule has 0 spiro atoms. The predicted octanol–water partition coefficient (Wildman–Crippen LogP) is 5.30. The summed E-state index contributed by atoms with van der Waals surface area (Å²) in [4.78, 5) is 16.6. The van der Waals surface area contributed by atoms with Crippen LogP contribution in [0.1, 0.15) is 18.1 Å². The summed E-state index contributed by atoms with van der Waals surface area (Å²) in [5.74, 6) is 0.549. The number of hydrogen-bond donors (Lipinski definition) is 0. The van der Waals surface area contributed by atoms with Crippen LogP contribution in [0, 0.1) is 0 Å². The van der Waals surface area contributed by atoms with E-state index in [0.29, 0.717) is 39.3 Å². The molecule has 28 heavy (non-hydrogen) atoms. The summed E-state index contributed by atoms with van der Waals surface area (Å²) in [6, 6.07) is 10.2. The largest absolute Gasteiger partial charge is 0.493 e. The van der Waals surface area contributed by atoms with E-state index in [1.54, 1.807) is 49.6 Å². The highest BCUT2D eigenvalue weighted by Gasteiger charge is 2.26. The van der Waals surface area contributed by atoms with Crippen molar-refractivity contribution in [3.8, 4) is 11.5 Å². The Morgan fingerprint density at radius 1 is 1.29 bits per heavy atom. The van der Waals surface area contributed by atoms with Gasteiger partial charge in [0.1, 0.15) is 6.61 Å². The highest BCUT2D eigenvalue weighted by molar-refractivity contribution is 6.37. The number of nitrogens with zero attached hydrogens (tertiary/aromatic N) is 1. The Bertz CT molecular complexity index is 1010. The van der Waals surface area contributed by atoms with E-state index in [1.807, 2.05) is 6.92 Å². The van der Waals surface area contributed by atoms with Crippen LogP contribution in [-0.2, 0) is 9.53 Å². The van der Waals surface area contributed by atoms with E-state index in [2.05, 4.69) is 11.6 Å². The van der Waals surface area contributed by atoms with Gasteiger partial charge < -0.3 is 14.2 Å². The summed E-state index contributed by atoms with van der Waals surface area (Å²) < 4.78 is 16.4. The normalized spacial score (nSPS) is 14.6. The maximum atomic E-state index is 12.3. The SMILES string of the molecule is C=C(C)COc1c(/C=C2\N=C(c3ccc(Cl)cc3Cl)OC2=O)cccc1OC. The number of cyclic esters (lactones) is 1. The van der Waals surface area contributed by atoms with Crippen molar-refractivity contribution in [1.29, 1.82) is 0 Å². The smallest absolute Gasteiger partial charge is 0.363 e. The molecule has 0 radical (unpaired) electrons. The monoisotopic (exact) mass is 417 g/mol. The van der Waals surface area contributed by atoms with Gasteiger partial charge in [0, 0.05) is 10.6 Å². The molecule has 7 heteroatoms. The zero-order valence-electron chi connectivity index (χ0n) is 15.3. The van der Waals surface area contributed by atoms with E-state index in [-0.39, 0.29) is 11.6 Å². The number of benzene rings is 2. The Balaban J connectivity index is 2.00. The van der Waals surface area contributed by atoms with E-state index in [4.69, 9.17) is 37.4 Å². The summed E-state index contributed by atoms with van der Waals surface area (Å²) >= 11 is 12.1. The zero-order chi connectivity index (χ0) is 20.3. The van der Waals surface area contributed by atoms with Gasteiger partial charge in [-0.25, -0.2) is 9.79 Å². The molecule has 1 aliphatic rings. The van der Waals surface area contributed by atoms with Gasteiger partial charge in [0.25, 0.3) is 0 Å². The fourth-order valence-corrected chi connectivity index (χ4v) is 2.98. The number of ether oxygens (including phenoxy) is 3.